The van der Waals surface area contributed by atoms with E-state index in [9.17, 15) is 9.59 Å². The second-order valence-corrected chi connectivity index (χ2v) is 7.48. The van der Waals surface area contributed by atoms with Crippen molar-refractivity contribution in [2.45, 2.75) is 13.0 Å². The zero-order chi connectivity index (χ0) is 23.0. The summed E-state index contributed by atoms with van der Waals surface area (Å²) in [6, 6.07) is 23.9. The number of benzene rings is 3. The van der Waals surface area contributed by atoms with Gasteiger partial charge in [-0.15, -0.1) is 0 Å². The first kappa shape index (κ1) is 21.8. The lowest BCUT2D eigenvalue weighted by atomic mass is 10.1. The summed E-state index contributed by atoms with van der Waals surface area (Å²) in [5.74, 6) is -0.297. The van der Waals surface area contributed by atoms with Crippen LogP contribution < -0.4 is 15.8 Å². The van der Waals surface area contributed by atoms with Gasteiger partial charge in [-0.1, -0.05) is 42.5 Å². The molecule has 33 heavy (non-hydrogen) atoms. The van der Waals surface area contributed by atoms with Crippen molar-refractivity contribution in [1.29, 1.82) is 0 Å². The Kier molecular flexibility index (Phi) is 6.80. The van der Waals surface area contributed by atoms with Gasteiger partial charge in [0.1, 0.15) is 12.4 Å². The quantitative estimate of drug-likeness (QED) is 0.416. The van der Waals surface area contributed by atoms with Crippen LogP contribution in [0.2, 0.25) is 0 Å². The van der Waals surface area contributed by atoms with Gasteiger partial charge in [0, 0.05) is 18.3 Å². The molecule has 1 aromatic heterocycles. The van der Waals surface area contributed by atoms with Gasteiger partial charge >= 0.3 is 0 Å². The predicted molar refractivity (Wildman–Crippen MR) is 125 cm³/mol. The highest BCUT2D eigenvalue weighted by Crippen LogP contribution is 2.19. The van der Waals surface area contributed by atoms with Crippen LogP contribution in [0.1, 0.15) is 31.8 Å². The molecule has 7 nitrogen and oxygen atoms in total. The summed E-state index contributed by atoms with van der Waals surface area (Å²) < 4.78 is 7.57. The van der Waals surface area contributed by atoms with E-state index >= 15 is 0 Å². The van der Waals surface area contributed by atoms with Crippen LogP contribution in [0.25, 0.3) is 5.69 Å². The Morgan fingerprint density at radius 3 is 2.55 bits per heavy atom. The van der Waals surface area contributed by atoms with Gasteiger partial charge in [-0.25, -0.2) is 4.68 Å². The second kappa shape index (κ2) is 10.3. The Balaban J connectivity index is 1.31. The number of primary amides is 1. The third kappa shape index (κ3) is 5.65. The van der Waals surface area contributed by atoms with E-state index in [4.69, 9.17) is 10.5 Å². The van der Waals surface area contributed by atoms with Crippen molar-refractivity contribution in [2.24, 2.45) is 5.73 Å². The van der Waals surface area contributed by atoms with Crippen LogP contribution in [0.4, 0.5) is 0 Å². The molecular formula is C26H24N4O3. The molecule has 0 atom stereocenters. The first-order valence-corrected chi connectivity index (χ1v) is 10.6. The number of amides is 2. The average Bonchev–Trinajstić information content (AvgIpc) is 3.32. The van der Waals surface area contributed by atoms with E-state index in [1.54, 1.807) is 48.7 Å². The molecule has 4 rings (SSSR count). The number of carbonyl (C=O) groups excluding carboxylic acids is 2. The molecule has 3 aromatic carbocycles. The number of aromatic nitrogens is 2. The molecule has 0 fully saturated rings. The molecule has 166 valence electrons. The van der Waals surface area contributed by atoms with Gasteiger partial charge in [0.05, 0.1) is 17.4 Å². The fourth-order valence-electron chi connectivity index (χ4n) is 3.39. The third-order valence-corrected chi connectivity index (χ3v) is 5.09. The standard InChI is InChI=1S/C26H24N4O3/c27-25(31)23-11-4-5-12-24(23)33-18-19-7-6-8-21(15-19)26(32)28-14-13-20-16-29-30(17-20)22-9-2-1-3-10-22/h1-12,15-17H,13-14,18H2,(H2,27,31)(H,28,32). The summed E-state index contributed by atoms with van der Waals surface area (Å²) >= 11 is 0. The van der Waals surface area contributed by atoms with Gasteiger partial charge in [-0.3, -0.25) is 9.59 Å². The number of para-hydroxylation sites is 2. The maximum Gasteiger partial charge on any atom is 0.252 e. The normalized spacial score (nSPS) is 10.5. The Morgan fingerprint density at radius 2 is 1.73 bits per heavy atom. The largest absolute Gasteiger partial charge is 0.488 e. The summed E-state index contributed by atoms with van der Waals surface area (Å²) in [4.78, 5) is 24.1. The minimum atomic E-state index is -0.548. The van der Waals surface area contributed by atoms with Crippen LogP contribution in [0.3, 0.4) is 0 Å². The van der Waals surface area contributed by atoms with E-state index in [0.29, 0.717) is 29.8 Å². The van der Waals surface area contributed by atoms with Gasteiger partial charge in [0.15, 0.2) is 0 Å². The van der Waals surface area contributed by atoms with E-state index in [-0.39, 0.29) is 12.5 Å². The Morgan fingerprint density at radius 1 is 0.939 bits per heavy atom. The number of ether oxygens (including phenoxy) is 1. The first-order valence-electron chi connectivity index (χ1n) is 10.6. The topological polar surface area (TPSA) is 99.2 Å². The molecule has 0 saturated heterocycles. The van der Waals surface area contributed by atoms with Crippen molar-refractivity contribution in [2.75, 3.05) is 6.54 Å². The smallest absolute Gasteiger partial charge is 0.252 e. The van der Waals surface area contributed by atoms with Gasteiger partial charge in [-0.2, -0.15) is 5.10 Å². The zero-order valence-electron chi connectivity index (χ0n) is 18.0. The summed E-state index contributed by atoms with van der Waals surface area (Å²) in [7, 11) is 0. The number of nitrogens with two attached hydrogens (primary N) is 1. The van der Waals surface area contributed by atoms with E-state index in [1.165, 1.54) is 0 Å². The first-order chi connectivity index (χ1) is 16.1. The maximum atomic E-state index is 12.6. The van der Waals surface area contributed by atoms with Crippen molar-refractivity contribution in [1.82, 2.24) is 15.1 Å². The Bertz CT molecular complexity index is 1250. The molecule has 0 saturated carbocycles. The fourth-order valence-corrected chi connectivity index (χ4v) is 3.39. The lowest BCUT2D eigenvalue weighted by Crippen LogP contribution is -2.25. The predicted octanol–water partition coefficient (Wildman–Crippen LogP) is 3.52. The van der Waals surface area contributed by atoms with Crippen LogP contribution in [-0.2, 0) is 13.0 Å². The molecule has 0 unspecified atom stereocenters. The minimum Gasteiger partial charge on any atom is -0.488 e. The number of hydrogen-bond donors (Lipinski definition) is 2. The third-order valence-electron chi connectivity index (χ3n) is 5.09. The number of nitrogens with zero attached hydrogens (tertiary/aromatic N) is 2. The SMILES string of the molecule is NC(=O)c1ccccc1OCc1cccc(C(=O)NCCc2cnn(-c3ccccc3)c2)c1. The molecule has 4 aromatic rings. The van der Waals surface area contributed by atoms with Crippen molar-refractivity contribution in [3.05, 3.63) is 114 Å². The number of hydrogen-bond acceptors (Lipinski definition) is 4. The molecule has 0 aliphatic heterocycles. The van der Waals surface area contributed by atoms with Crippen LogP contribution in [0.15, 0.2) is 91.3 Å². The zero-order valence-corrected chi connectivity index (χ0v) is 18.0. The second-order valence-electron chi connectivity index (χ2n) is 7.48. The van der Waals surface area contributed by atoms with Crippen molar-refractivity contribution >= 4 is 11.8 Å². The summed E-state index contributed by atoms with van der Waals surface area (Å²) in [5, 5.41) is 7.32. The average molecular weight is 441 g/mol. The van der Waals surface area contributed by atoms with Gasteiger partial charge in [-0.05, 0) is 53.9 Å². The molecule has 2 amide bonds. The summed E-state index contributed by atoms with van der Waals surface area (Å²) in [6.45, 7) is 0.704. The van der Waals surface area contributed by atoms with E-state index in [1.807, 2.05) is 47.3 Å². The van der Waals surface area contributed by atoms with Crippen molar-refractivity contribution in [3.63, 3.8) is 0 Å². The van der Waals surface area contributed by atoms with Crippen molar-refractivity contribution < 1.29 is 14.3 Å². The molecular weight excluding hydrogens is 416 g/mol. The van der Waals surface area contributed by atoms with Crippen LogP contribution in [0.5, 0.6) is 5.75 Å². The molecule has 0 aliphatic carbocycles. The van der Waals surface area contributed by atoms with Crippen LogP contribution in [0, 0.1) is 0 Å². The van der Waals surface area contributed by atoms with Gasteiger partial charge < -0.3 is 15.8 Å². The van der Waals surface area contributed by atoms with Gasteiger partial charge in [0.25, 0.3) is 11.8 Å². The fraction of sp³-hybridized carbons (Fsp3) is 0.115. The minimum absolute atomic E-state index is 0.162. The highest BCUT2D eigenvalue weighted by molar-refractivity contribution is 5.95. The number of nitrogens with one attached hydrogen (secondary N) is 1. The van der Waals surface area contributed by atoms with E-state index < -0.39 is 5.91 Å². The number of carbonyl (C=O) groups is 2. The molecule has 0 bridgehead atoms. The van der Waals surface area contributed by atoms with E-state index in [0.717, 1.165) is 16.8 Å². The maximum absolute atomic E-state index is 12.6. The highest BCUT2D eigenvalue weighted by Gasteiger charge is 2.10. The van der Waals surface area contributed by atoms with Crippen LogP contribution >= 0.6 is 0 Å². The van der Waals surface area contributed by atoms with Crippen molar-refractivity contribution in [3.8, 4) is 11.4 Å². The Hall–Kier alpha value is -4.39. The highest BCUT2D eigenvalue weighted by atomic mass is 16.5. The summed E-state index contributed by atoms with van der Waals surface area (Å²) in [6.07, 6.45) is 4.44. The monoisotopic (exact) mass is 440 g/mol. The van der Waals surface area contributed by atoms with Crippen LogP contribution in [-0.4, -0.2) is 28.1 Å². The molecule has 7 heteroatoms. The molecule has 1 heterocycles. The molecule has 0 aliphatic rings. The Labute approximate surface area is 191 Å². The molecule has 0 spiro atoms. The summed E-state index contributed by atoms with van der Waals surface area (Å²) in [5.41, 5.74) is 9.09. The lowest BCUT2D eigenvalue weighted by molar-refractivity contribution is 0.0952. The van der Waals surface area contributed by atoms with E-state index in [2.05, 4.69) is 10.4 Å². The molecule has 3 N–H and O–H groups in total. The number of rotatable bonds is 9. The molecule has 0 radical (unpaired) electrons. The van der Waals surface area contributed by atoms with Gasteiger partial charge in [0.2, 0.25) is 0 Å². The lowest BCUT2D eigenvalue weighted by Gasteiger charge is -2.10.